The number of carbonyl (C=O) groups excluding carboxylic acids is 2. The highest BCUT2D eigenvalue weighted by Crippen LogP contribution is 2.31. The van der Waals surface area contributed by atoms with Gasteiger partial charge in [-0.05, 0) is 29.8 Å². The normalized spacial score (nSPS) is 11.6. The molecule has 3 rings (SSSR count). The molecule has 1 amide bonds. The first kappa shape index (κ1) is 22.8. The number of methoxy groups -OCH3 is 3. The number of fused-ring (bicyclic) bond motifs is 1. The first-order valence-electron chi connectivity index (χ1n) is 10.0. The number of H-pyrrole nitrogens is 1. The number of benzene rings is 2. The summed E-state index contributed by atoms with van der Waals surface area (Å²) in [5, 5.41) is 3.35. The zero-order valence-electron chi connectivity index (χ0n) is 18.1. The smallest absolute Gasteiger partial charge is 0.307 e. The van der Waals surface area contributed by atoms with Crippen molar-refractivity contribution in [1.29, 1.82) is 0 Å². The number of aromatic nitrogens is 2. The molecule has 1 unspecified atom stereocenters. The molecule has 2 N–H and O–H groups in total. The topological polar surface area (TPSA) is 120 Å². The molecule has 0 fully saturated rings. The van der Waals surface area contributed by atoms with Crippen LogP contribution in [-0.2, 0) is 20.7 Å². The predicted molar refractivity (Wildman–Crippen MR) is 118 cm³/mol. The molecule has 0 aliphatic carbocycles. The number of aromatic amines is 1. The second-order valence-corrected chi connectivity index (χ2v) is 7.04. The van der Waals surface area contributed by atoms with Crippen LogP contribution >= 0.6 is 0 Å². The van der Waals surface area contributed by atoms with Crippen molar-refractivity contribution in [3.8, 4) is 11.5 Å². The highest BCUT2D eigenvalue weighted by Gasteiger charge is 2.21. The SMILES string of the molecule is COC(=O)CC(NC(=O)CCc1nc2ccccc2c(=O)[nH]1)c1ccc(OC)c(OC)c1. The van der Waals surface area contributed by atoms with Gasteiger partial charge in [-0.1, -0.05) is 18.2 Å². The maximum atomic E-state index is 12.7. The molecule has 0 aliphatic rings. The Labute approximate surface area is 184 Å². The van der Waals surface area contributed by atoms with Gasteiger partial charge in [-0.15, -0.1) is 0 Å². The summed E-state index contributed by atoms with van der Waals surface area (Å²) in [5.74, 6) is 0.660. The molecular weight excluding hydrogens is 414 g/mol. The first-order chi connectivity index (χ1) is 15.4. The van der Waals surface area contributed by atoms with E-state index in [1.54, 1.807) is 42.5 Å². The fraction of sp³-hybridized carbons (Fsp3) is 0.304. The molecule has 0 spiro atoms. The van der Waals surface area contributed by atoms with Crippen LogP contribution in [0.4, 0.5) is 0 Å². The molecule has 0 radical (unpaired) electrons. The molecule has 1 aromatic heterocycles. The number of aryl methyl sites for hydroxylation is 1. The maximum Gasteiger partial charge on any atom is 0.307 e. The van der Waals surface area contributed by atoms with E-state index in [4.69, 9.17) is 14.2 Å². The van der Waals surface area contributed by atoms with Crippen LogP contribution in [0.3, 0.4) is 0 Å². The van der Waals surface area contributed by atoms with Crippen LogP contribution in [0.5, 0.6) is 11.5 Å². The minimum Gasteiger partial charge on any atom is -0.493 e. The Morgan fingerprint density at radius 1 is 1.06 bits per heavy atom. The molecule has 0 bridgehead atoms. The van der Waals surface area contributed by atoms with Gasteiger partial charge in [0.25, 0.3) is 5.56 Å². The van der Waals surface area contributed by atoms with Crippen molar-refractivity contribution in [2.75, 3.05) is 21.3 Å². The second-order valence-electron chi connectivity index (χ2n) is 7.04. The van der Waals surface area contributed by atoms with E-state index in [2.05, 4.69) is 15.3 Å². The van der Waals surface area contributed by atoms with Crippen molar-refractivity contribution in [2.45, 2.75) is 25.3 Å². The largest absolute Gasteiger partial charge is 0.493 e. The zero-order valence-corrected chi connectivity index (χ0v) is 18.1. The van der Waals surface area contributed by atoms with E-state index in [1.165, 1.54) is 21.3 Å². The van der Waals surface area contributed by atoms with Gasteiger partial charge in [-0.2, -0.15) is 0 Å². The Hall–Kier alpha value is -3.88. The van der Waals surface area contributed by atoms with Crippen molar-refractivity contribution >= 4 is 22.8 Å². The highest BCUT2D eigenvalue weighted by atomic mass is 16.5. The number of hydrogen-bond acceptors (Lipinski definition) is 7. The van der Waals surface area contributed by atoms with Crippen LogP contribution in [0.25, 0.3) is 10.9 Å². The van der Waals surface area contributed by atoms with Crippen LogP contribution < -0.4 is 20.3 Å². The van der Waals surface area contributed by atoms with Gasteiger partial charge in [0.05, 0.1) is 44.7 Å². The van der Waals surface area contributed by atoms with E-state index in [-0.39, 0.29) is 30.7 Å². The summed E-state index contributed by atoms with van der Waals surface area (Å²) >= 11 is 0. The zero-order chi connectivity index (χ0) is 23.1. The van der Waals surface area contributed by atoms with Crippen LogP contribution in [0.15, 0.2) is 47.3 Å². The summed E-state index contributed by atoms with van der Waals surface area (Å²) in [6.45, 7) is 0. The van der Waals surface area contributed by atoms with Gasteiger partial charge in [-0.25, -0.2) is 4.98 Å². The van der Waals surface area contributed by atoms with E-state index in [0.717, 1.165) is 0 Å². The van der Waals surface area contributed by atoms with Gasteiger partial charge in [0.15, 0.2) is 11.5 Å². The minimum absolute atomic E-state index is 0.0528. The highest BCUT2D eigenvalue weighted by molar-refractivity contribution is 5.79. The number of hydrogen-bond donors (Lipinski definition) is 2. The Bertz CT molecular complexity index is 1170. The predicted octanol–water partition coefficient (Wildman–Crippen LogP) is 2.29. The third-order valence-corrected chi connectivity index (χ3v) is 4.99. The molecular formula is C23H25N3O6. The van der Waals surface area contributed by atoms with E-state index < -0.39 is 12.0 Å². The lowest BCUT2D eigenvalue weighted by Crippen LogP contribution is -2.31. The van der Waals surface area contributed by atoms with E-state index in [9.17, 15) is 14.4 Å². The number of esters is 1. The molecule has 0 saturated carbocycles. The number of rotatable bonds is 9. The molecule has 1 atom stereocenters. The minimum atomic E-state index is -0.627. The van der Waals surface area contributed by atoms with Gasteiger partial charge in [0.2, 0.25) is 5.91 Å². The van der Waals surface area contributed by atoms with Gasteiger partial charge in [0.1, 0.15) is 5.82 Å². The van der Waals surface area contributed by atoms with E-state index in [0.29, 0.717) is 33.8 Å². The number of nitrogens with one attached hydrogen (secondary N) is 2. The van der Waals surface area contributed by atoms with Gasteiger partial charge >= 0.3 is 5.97 Å². The first-order valence-corrected chi connectivity index (χ1v) is 10.0. The van der Waals surface area contributed by atoms with Gasteiger partial charge < -0.3 is 24.5 Å². The fourth-order valence-electron chi connectivity index (χ4n) is 3.32. The van der Waals surface area contributed by atoms with Crippen LogP contribution in [0.2, 0.25) is 0 Å². The quantitative estimate of drug-likeness (QED) is 0.491. The average molecular weight is 439 g/mol. The standard InChI is InChI=1S/C23H25N3O6/c1-30-18-9-8-14(12-19(18)31-2)17(13-22(28)32-3)25-21(27)11-10-20-24-16-7-5-4-6-15(16)23(29)26-20/h4-9,12,17H,10-11,13H2,1-3H3,(H,25,27)(H,24,26,29). The lowest BCUT2D eigenvalue weighted by Gasteiger charge is -2.19. The molecule has 168 valence electrons. The Balaban J connectivity index is 1.74. The third kappa shape index (κ3) is 5.42. The van der Waals surface area contributed by atoms with Gasteiger partial charge in [-0.3, -0.25) is 14.4 Å². The molecule has 0 saturated heterocycles. The summed E-state index contributed by atoms with van der Waals surface area (Å²) in [6.07, 6.45) is 0.262. The molecule has 9 heteroatoms. The second kappa shape index (κ2) is 10.4. The summed E-state index contributed by atoms with van der Waals surface area (Å²) in [7, 11) is 4.32. The average Bonchev–Trinajstić information content (AvgIpc) is 2.81. The number of amides is 1. The fourth-order valence-corrected chi connectivity index (χ4v) is 3.32. The molecule has 1 heterocycles. The third-order valence-electron chi connectivity index (χ3n) is 4.99. The van der Waals surface area contributed by atoms with Crippen molar-refractivity contribution in [3.05, 3.63) is 64.2 Å². The number of carbonyl (C=O) groups is 2. The number of nitrogens with zero attached hydrogens (tertiary/aromatic N) is 1. The Morgan fingerprint density at radius 2 is 1.81 bits per heavy atom. The molecule has 32 heavy (non-hydrogen) atoms. The summed E-state index contributed by atoms with van der Waals surface area (Å²) < 4.78 is 15.3. The van der Waals surface area contributed by atoms with E-state index in [1.807, 2.05) is 0 Å². The Morgan fingerprint density at radius 3 is 2.53 bits per heavy atom. The van der Waals surface area contributed by atoms with Crippen LogP contribution in [0.1, 0.15) is 30.3 Å². The van der Waals surface area contributed by atoms with Crippen molar-refractivity contribution in [2.24, 2.45) is 0 Å². The summed E-state index contributed by atoms with van der Waals surface area (Å²) in [4.78, 5) is 43.9. The van der Waals surface area contributed by atoms with Crippen molar-refractivity contribution in [3.63, 3.8) is 0 Å². The summed E-state index contributed by atoms with van der Waals surface area (Å²) in [5.41, 5.74) is 0.985. The lowest BCUT2D eigenvalue weighted by molar-refractivity contribution is -0.141. The van der Waals surface area contributed by atoms with Crippen molar-refractivity contribution in [1.82, 2.24) is 15.3 Å². The maximum absolute atomic E-state index is 12.7. The lowest BCUT2D eigenvalue weighted by atomic mass is 10.0. The number of para-hydroxylation sites is 1. The molecule has 2 aromatic carbocycles. The summed E-state index contributed by atoms with van der Waals surface area (Å²) in [6, 6.07) is 11.5. The van der Waals surface area contributed by atoms with Crippen LogP contribution in [0, 0.1) is 0 Å². The monoisotopic (exact) mass is 439 g/mol. The Kier molecular flexibility index (Phi) is 7.43. The van der Waals surface area contributed by atoms with Crippen molar-refractivity contribution < 1.29 is 23.8 Å². The van der Waals surface area contributed by atoms with Crippen LogP contribution in [-0.4, -0.2) is 43.2 Å². The molecule has 3 aromatic rings. The number of ether oxygens (including phenoxy) is 3. The molecule has 0 aliphatic heterocycles. The van der Waals surface area contributed by atoms with E-state index >= 15 is 0 Å². The van der Waals surface area contributed by atoms with Gasteiger partial charge in [0, 0.05) is 12.8 Å². The molecule has 9 nitrogen and oxygen atoms in total.